The molecule has 0 spiro atoms. The van der Waals surface area contributed by atoms with Crippen LogP contribution in [0, 0.1) is 5.82 Å². The summed E-state index contributed by atoms with van der Waals surface area (Å²) in [7, 11) is 1.65. The van der Waals surface area contributed by atoms with E-state index in [4.69, 9.17) is 0 Å². The predicted molar refractivity (Wildman–Crippen MR) is 143 cm³/mol. The molecule has 3 aromatic rings. The predicted octanol–water partition coefficient (Wildman–Crippen LogP) is 5.48. The monoisotopic (exact) mass is 487 g/mol. The Kier molecular flexibility index (Phi) is 7.87. The van der Waals surface area contributed by atoms with Crippen molar-refractivity contribution in [3.05, 3.63) is 108 Å². The molecule has 3 atom stereocenters. The molecular formula is C30H34FN3O2. The Morgan fingerprint density at radius 1 is 1.06 bits per heavy atom. The number of aromatic hydroxyl groups is 1. The van der Waals surface area contributed by atoms with Crippen LogP contribution in [0.2, 0.25) is 0 Å². The second-order valence-electron chi connectivity index (χ2n) is 9.60. The number of anilines is 1. The maximum Gasteiger partial charge on any atom is 0.258 e. The molecule has 1 heterocycles. The summed E-state index contributed by atoms with van der Waals surface area (Å²) in [6, 6.07) is 21.4. The van der Waals surface area contributed by atoms with E-state index in [-0.39, 0.29) is 29.6 Å². The molecule has 0 aliphatic carbocycles. The quantitative estimate of drug-likeness (QED) is 0.449. The number of hydrogen-bond donors (Lipinski definition) is 1. The highest BCUT2D eigenvalue weighted by Gasteiger charge is 2.34. The molecule has 6 heteroatoms. The van der Waals surface area contributed by atoms with Gasteiger partial charge in [-0.2, -0.15) is 0 Å². The van der Waals surface area contributed by atoms with E-state index in [9.17, 15) is 14.3 Å². The molecule has 0 radical (unpaired) electrons. The zero-order valence-electron chi connectivity index (χ0n) is 21.1. The van der Waals surface area contributed by atoms with Gasteiger partial charge >= 0.3 is 0 Å². The van der Waals surface area contributed by atoms with Gasteiger partial charge in [-0.3, -0.25) is 14.6 Å². The first-order valence-electron chi connectivity index (χ1n) is 12.3. The number of nitrogens with zero attached hydrogens (tertiary/aromatic N) is 3. The van der Waals surface area contributed by atoms with Crippen LogP contribution in [-0.4, -0.2) is 59.6 Å². The van der Waals surface area contributed by atoms with Crippen LogP contribution in [0.1, 0.15) is 41.4 Å². The number of halogens is 1. The third-order valence-electron chi connectivity index (χ3n) is 6.99. The summed E-state index contributed by atoms with van der Waals surface area (Å²) in [6.07, 6.45) is 1.94. The van der Waals surface area contributed by atoms with Crippen molar-refractivity contribution in [2.45, 2.75) is 32.0 Å². The summed E-state index contributed by atoms with van der Waals surface area (Å²) in [5.41, 5.74) is 2.95. The van der Waals surface area contributed by atoms with Crippen molar-refractivity contribution in [1.82, 2.24) is 9.80 Å². The van der Waals surface area contributed by atoms with E-state index in [1.165, 1.54) is 17.0 Å². The molecule has 5 nitrogen and oxygen atoms in total. The van der Waals surface area contributed by atoms with Gasteiger partial charge in [-0.05, 0) is 67.4 Å². The molecule has 0 saturated carbocycles. The SMILES string of the molecule is C=CCN1C[C@@H](C)N(C(c2cccc(O)c2)c2cccc(C(=O)N(C)c3cccc(F)c3)c2)C[C@H]1C. The normalized spacial score (nSPS) is 19.6. The Morgan fingerprint density at radius 3 is 2.44 bits per heavy atom. The van der Waals surface area contributed by atoms with Gasteiger partial charge in [-0.1, -0.05) is 36.4 Å². The van der Waals surface area contributed by atoms with Crippen LogP contribution in [0.5, 0.6) is 5.75 Å². The molecule has 1 fully saturated rings. The Morgan fingerprint density at radius 2 is 1.75 bits per heavy atom. The molecule has 1 amide bonds. The number of hydrogen-bond acceptors (Lipinski definition) is 4. The number of piperazine rings is 1. The van der Waals surface area contributed by atoms with Gasteiger partial charge in [0.2, 0.25) is 0 Å². The van der Waals surface area contributed by atoms with Crippen LogP contribution in [-0.2, 0) is 0 Å². The zero-order chi connectivity index (χ0) is 25.8. The summed E-state index contributed by atoms with van der Waals surface area (Å²) < 4.78 is 13.8. The number of amides is 1. The molecular weight excluding hydrogens is 453 g/mol. The Labute approximate surface area is 213 Å². The van der Waals surface area contributed by atoms with Crippen molar-refractivity contribution in [1.29, 1.82) is 0 Å². The molecule has 4 rings (SSSR count). The fraction of sp³-hybridized carbons (Fsp3) is 0.300. The lowest BCUT2D eigenvalue weighted by molar-refractivity contribution is 0.0306. The van der Waals surface area contributed by atoms with Gasteiger partial charge in [-0.15, -0.1) is 6.58 Å². The topological polar surface area (TPSA) is 47.0 Å². The smallest absolute Gasteiger partial charge is 0.258 e. The summed E-state index contributed by atoms with van der Waals surface area (Å²) in [6.45, 7) is 10.9. The van der Waals surface area contributed by atoms with Gasteiger partial charge in [0, 0.05) is 50.0 Å². The summed E-state index contributed by atoms with van der Waals surface area (Å²) >= 11 is 0. The second kappa shape index (κ2) is 11.1. The minimum atomic E-state index is -0.386. The van der Waals surface area contributed by atoms with E-state index < -0.39 is 0 Å². The lowest BCUT2D eigenvalue weighted by Gasteiger charge is -2.47. The molecule has 36 heavy (non-hydrogen) atoms. The van der Waals surface area contributed by atoms with Crippen molar-refractivity contribution in [3.63, 3.8) is 0 Å². The van der Waals surface area contributed by atoms with Crippen LogP contribution in [0.15, 0.2) is 85.5 Å². The van der Waals surface area contributed by atoms with E-state index in [1.807, 2.05) is 36.4 Å². The first kappa shape index (κ1) is 25.6. The fourth-order valence-corrected chi connectivity index (χ4v) is 5.11. The Hall–Kier alpha value is -3.48. The summed E-state index contributed by atoms with van der Waals surface area (Å²) in [5.74, 6) is -0.389. The molecule has 3 aromatic carbocycles. The van der Waals surface area contributed by atoms with Gasteiger partial charge in [0.05, 0.1) is 6.04 Å². The summed E-state index contributed by atoms with van der Waals surface area (Å²) in [4.78, 5) is 19.7. The standard InChI is InChI=1S/C30H34FN3O2/c1-5-15-33-19-22(3)34(20-21(33)2)29(24-10-7-14-28(35)17-24)23-9-6-11-25(16-23)30(36)32(4)27-13-8-12-26(31)18-27/h5-14,16-18,21-22,29,35H,1,15,19-20H2,2-4H3/t21-,22-,29?/m1/s1. The van der Waals surface area contributed by atoms with Gasteiger partial charge in [0.25, 0.3) is 5.91 Å². The lowest BCUT2D eigenvalue weighted by atomic mass is 9.92. The third kappa shape index (κ3) is 5.50. The van der Waals surface area contributed by atoms with Gasteiger partial charge in [0.15, 0.2) is 0 Å². The van der Waals surface area contributed by atoms with E-state index in [0.717, 1.165) is 30.8 Å². The van der Waals surface area contributed by atoms with Crippen LogP contribution < -0.4 is 4.90 Å². The van der Waals surface area contributed by atoms with Gasteiger partial charge < -0.3 is 10.0 Å². The van der Waals surface area contributed by atoms with Crippen LogP contribution >= 0.6 is 0 Å². The zero-order valence-corrected chi connectivity index (χ0v) is 21.1. The average molecular weight is 488 g/mol. The van der Waals surface area contributed by atoms with Crippen molar-refractivity contribution in [2.75, 3.05) is 31.6 Å². The first-order valence-corrected chi connectivity index (χ1v) is 12.3. The highest BCUT2D eigenvalue weighted by molar-refractivity contribution is 6.05. The number of carbonyl (C=O) groups excluding carboxylic acids is 1. The molecule has 0 bridgehead atoms. The molecule has 0 aromatic heterocycles. The maximum atomic E-state index is 13.8. The lowest BCUT2D eigenvalue weighted by Crippen LogP contribution is -2.57. The van der Waals surface area contributed by atoms with Crippen LogP contribution in [0.4, 0.5) is 10.1 Å². The largest absolute Gasteiger partial charge is 0.508 e. The number of phenols is 1. The molecule has 188 valence electrons. The maximum absolute atomic E-state index is 13.8. The van der Waals surface area contributed by atoms with Crippen molar-refractivity contribution in [2.24, 2.45) is 0 Å². The van der Waals surface area contributed by atoms with Crippen molar-refractivity contribution < 1.29 is 14.3 Å². The van der Waals surface area contributed by atoms with Gasteiger partial charge in [-0.25, -0.2) is 4.39 Å². The summed E-state index contributed by atoms with van der Waals surface area (Å²) in [5, 5.41) is 10.3. The molecule has 1 aliphatic heterocycles. The highest BCUT2D eigenvalue weighted by Crippen LogP contribution is 2.35. The minimum Gasteiger partial charge on any atom is -0.508 e. The molecule has 1 unspecified atom stereocenters. The Bertz CT molecular complexity index is 1230. The number of carbonyl (C=O) groups is 1. The molecule has 1 N–H and O–H groups in total. The van der Waals surface area contributed by atoms with E-state index >= 15 is 0 Å². The average Bonchev–Trinajstić information content (AvgIpc) is 2.86. The van der Waals surface area contributed by atoms with Gasteiger partial charge in [0.1, 0.15) is 11.6 Å². The second-order valence-corrected chi connectivity index (χ2v) is 9.60. The first-order chi connectivity index (χ1) is 17.3. The van der Waals surface area contributed by atoms with Crippen LogP contribution in [0.3, 0.4) is 0 Å². The van der Waals surface area contributed by atoms with E-state index in [1.54, 1.807) is 37.4 Å². The fourth-order valence-electron chi connectivity index (χ4n) is 5.11. The van der Waals surface area contributed by atoms with E-state index in [2.05, 4.69) is 30.2 Å². The Balaban J connectivity index is 1.71. The number of rotatable bonds is 7. The molecule has 1 aliphatic rings. The third-order valence-corrected chi connectivity index (χ3v) is 6.99. The van der Waals surface area contributed by atoms with Crippen molar-refractivity contribution >= 4 is 11.6 Å². The minimum absolute atomic E-state index is 0.146. The number of phenolic OH excluding ortho intramolecular Hbond substituents is 1. The van der Waals surface area contributed by atoms with E-state index in [0.29, 0.717) is 17.3 Å². The highest BCUT2D eigenvalue weighted by atomic mass is 19.1. The number of benzene rings is 3. The van der Waals surface area contributed by atoms with Crippen molar-refractivity contribution in [3.8, 4) is 5.75 Å². The molecule has 1 saturated heterocycles. The van der Waals surface area contributed by atoms with Crippen LogP contribution in [0.25, 0.3) is 0 Å².